The molecule has 2 heteroatoms. The second-order valence-corrected chi connectivity index (χ2v) is 4.73. The van der Waals surface area contributed by atoms with Gasteiger partial charge in [0, 0.05) is 6.04 Å². The third kappa shape index (κ3) is 2.08. The number of hydrazine groups is 1. The van der Waals surface area contributed by atoms with Gasteiger partial charge in [0.2, 0.25) is 0 Å². The number of nitrogens with one attached hydrogen (secondary N) is 1. The zero-order chi connectivity index (χ0) is 9.35. The second-order valence-electron chi connectivity index (χ2n) is 4.73. The first-order valence-corrected chi connectivity index (χ1v) is 4.58. The lowest BCUT2D eigenvalue weighted by molar-refractivity contribution is 0.408. The molecule has 0 aromatic heterocycles. The molecule has 2 unspecified atom stereocenters. The van der Waals surface area contributed by atoms with Crippen molar-refractivity contribution in [3.05, 3.63) is 12.2 Å². The van der Waals surface area contributed by atoms with Crippen LogP contribution in [0.15, 0.2) is 12.2 Å². The molecule has 0 amide bonds. The first-order chi connectivity index (χ1) is 5.47. The Morgan fingerprint density at radius 3 is 2.50 bits per heavy atom. The summed E-state index contributed by atoms with van der Waals surface area (Å²) in [7, 11) is 0. The minimum Gasteiger partial charge on any atom is -0.271 e. The first-order valence-electron chi connectivity index (χ1n) is 4.58. The van der Waals surface area contributed by atoms with Crippen LogP contribution >= 0.6 is 0 Å². The fraction of sp³-hybridized carbons (Fsp3) is 0.800. The van der Waals surface area contributed by atoms with E-state index in [1.54, 1.807) is 0 Å². The highest BCUT2D eigenvalue weighted by atomic mass is 15.2. The molecule has 0 aromatic rings. The summed E-state index contributed by atoms with van der Waals surface area (Å²) in [6, 6.07) is 0.428. The molecule has 1 saturated carbocycles. The molecule has 2 atom stereocenters. The average Bonchev–Trinajstić information content (AvgIpc) is 2.54. The lowest BCUT2D eigenvalue weighted by Crippen LogP contribution is -2.38. The van der Waals surface area contributed by atoms with Crippen molar-refractivity contribution in [2.24, 2.45) is 17.2 Å². The maximum atomic E-state index is 5.49. The first kappa shape index (κ1) is 9.75. The predicted octanol–water partition coefficient (Wildman–Crippen LogP) is 1.83. The van der Waals surface area contributed by atoms with E-state index in [0.717, 1.165) is 12.3 Å². The van der Waals surface area contributed by atoms with Crippen LogP contribution in [-0.2, 0) is 0 Å². The van der Waals surface area contributed by atoms with Gasteiger partial charge < -0.3 is 0 Å². The van der Waals surface area contributed by atoms with Crippen molar-refractivity contribution in [3.63, 3.8) is 0 Å². The Bertz CT molecular complexity index is 184. The van der Waals surface area contributed by atoms with Gasteiger partial charge in [-0.1, -0.05) is 19.4 Å². The quantitative estimate of drug-likeness (QED) is 0.382. The molecule has 1 rings (SSSR count). The molecule has 3 N–H and O–H groups in total. The van der Waals surface area contributed by atoms with Crippen molar-refractivity contribution in [3.8, 4) is 0 Å². The monoisotopic (exact) mass is 168 g/mol. The Morgan fingerprint density at radius 2 is 2.25 bits per heavy atom. The van der Waals surface area contributed by atoms with Crippen LogP contribution < -0.4 is 11.3 Å². The minimum absolute atomic E-state index is 0.428. The Morgan fingerprint density at radius 1 is 1.75 bits per heavy atom. The standard InChI is InChI=1S/C10H20N2/c1-7(2)5-9(12-11)8-6-10(8,3)4/h8-9,12H,1,5-6,11H2,2-4H3. The van der Waals surface area contributed by atoms with Crippen LogP contribution in [0, 0.1) is 11.3 Å². The molecular weight excluding hydrogens is 148 g/mol. The van der Waals surface area contributed by atoms with Crippen LogP contribution in [-0.4, -0.2) is 6.04 Å². The summed E-state index contributed by atoms with van der Waals surface area (Å²) in [6.07, 6.45) is 2.29. The van der Waals surface area contributed by atoms with Gasteiger partial charge in [-0.3, -0.25) is 11.3 Å². The van der Waals surface area contributed by atoms with E-state index in [4.69, 9.17) is 5.84 Å². The van der Waals surface area contributed by atoms with Gasteiger partial charge in [-0.2, -0.15) is 0 Å². The van der Waals surface area contributed by atoms with E-state index in [-0.39, 0.29) is 0 Å². The van der Waals surface area contributed by atoms with Gasteiger partial charge in [-0.05, 0) is 31.1 Å². The summed E-state index contributed by atoms with van der Waals surface area (Å²) < 4.78 is 0. The zero-order valence-electron chi connectivity index (χ0n) is 8.35. The number of nitrogens with two attached hydrogens (primary N) is 1. The van der Waals surface area contributed by atoms with Crippen LogP contribution in [0.5, 0.6) is 0 Å². The number of rotatable bonds is 4. The van der Waals surface area contributed by atoms with Crippen molar-refractivity contribution in [1.82, 2.24) is 5.43 Å². The molecule has 12 heavy (non-hydrogen) atoms. The summed E-state index contributed by atoms with van der Waals surface area (Å²) in [5.74, 6) is 6.23. The Kier molecular flexibility index (Phi) is 2.59. The van der Waals surface area contributed by atoms with Crippen LogP contribution in [0.1, 0.15) is 33.6 Å². The lowest BCUT2D eigenvalue weighted by Gasteiger charge is -2.17. The van der Waals surface area contributed by atoms with Crippen LogP contribution in [0.25, 0.3) is 0 Å². The van der Waals surface area contributed by atoms with E-state index >= 15 is 0 Å². The highest BCUT2D eigenvalue weighted by Crippen LogP contribution is 2.54. The van der Waals surface area contributed by atoms with Crippen LogP contribution in [0.3, 0.4) is 0 Å². The number of hydrogen-bond acceptors (Lipinski definition) is 2. The maximum Gasteiger partial charge on any atom is 0.0280 e. The third-order valence-electron chi connectivity index (χ3n) is 2.86. The molecule has 0 heterocycles. The van der Waals surface area contributed by atoms with Gasteiger partial charge in [-0.25, -0.2) is 0 Å². The normalized spacial score (nSPS) is 28.2. The summed E-state index contributed by atoms with van der Waals surface area (Å²) in [6.45, 7) is 10.5. The Balaban J connectivity index is 2.43. The SMILES string of the molecule is C=C(C)CC(NN)C1CC1(C)C. The molecule has 1 fully saturated rings. The molecule has 0 bridgehead atoms. The maximum absolute atomic E-state index is 5.49. The van der Waals surface area contributed by atoms with E-state index in [1.165, 1.54) is 12.0 Å². The third-order valence-corrected chi connectivity index (χ3v) is 2.86. The molecule has 0 saturated heterocycles. The van der Waals surface area contributed by atoms with Crippen LogP contribution in [0.2, 0.25) is 0 Å². The summed E-state index contributed by atoms with van der Waals surface area (Å²) in [5.41, 5.74) is 4.59. The van der Waals surface area contributed by atoms with Gasteiger partial charge in [-0.15, -0.1) is 6.58 Å². The largest absolute Gasteiger partial charge is 0.271 e. The Labute approximate surface area is 75.2 Å². The van der Waals surface area contributed by atoms with Crippen LogP contribution in [0.4, 0.5) is 0 Å². The molecule has 1 aliphatic carbocycles. The fourth-order valence-corrected chi connectivity index (χ4v) is 1.89. The Hall–Kier alpha value is -0.340. The average molecular weight is 168 g/mol. The predicted molar refractivity (Wildman–Crippen MR) is 52.4 cm³/mol. The van der Waals surface area contributed by atoms with Crippen molar-refractivity contribution in [2.45, 2.75) is 39.7 Å². The van der Waals surface area contributed by atoms with E-state index in [1.807, 2.05) is 0 Å². The topological polar surface area (TPSA) is 38.0 Å². The van der Waals surface area contributed by atoms with Crippen molar-refractivity contribution in [1.29, 1.82) is 0 Å². The summed E-state index contributed by atoms with van der Waals surface area (Å²) in [5, 5.41) is 0. The molecule has 2 nitrogen and oxygen atoms in total. The molecule has 0 radical (unpaired) electrons. The molecule has 1 aliphatic rings. The van der Waals surface area contributed by atoms with Gasteiger partial charge in [0.05, 0.1) is 0 Å². The zero-order valence-corrected chi connectivity index (χ0v) is 8.35. The highest BCUT2D eigenvalue weighted by molar-refractivity contribution is 5.05. The molecule has 70 valence electrons. The molecule has 0 spiro atoms. The number of hydrogen-bond donors (Lipinski definition) is 2. The van der Waals surface area contributed by atoms with Gasteiger partial charge in [0.15, 0.2) is 0 Å². The molecule has 0 aliphatic heterocycles. The second kappa shape index (κ2) is 3.19. The van der Waals surface area contributed by atoms with Crippen molar-refractivity contribution < 1.29 is 0 Å². The van der Waals surface area contributed by atoms with Gasteiger partial charge in [0.1, 0.15) is 0 Å². The lowest BCUT2D eigenvalue weighted by atomic mass is 9.99. The van der Waals surface area contributed by atoms with Crippen molar-refractivity contribution in [2.75, 3.05) is 0 Å². The minimum atomic E-state index is 0.428. The van der Waals surface area contributed by atoms with E-state index in [0.29, 0.717) is 11.5 Å². The van der Waals surface area contributed by atoms with Gasteiger partial charge in [0.25, 0.3) is 0 Å². The molecular formula is C10H20N2. The summed E-state index contributed by atoms with van der Waals surface area (Å²) >= 11 is 0. The smallest absolute Gasteiger partial charge is 0.0280 e. The highest BCUT2D eigenvalue weighted by Gasteiger charge is 2.49. The van der Waals surface area contributed by atoms with E-state index < -0.39 is 0 Å². The summed E-state index contributed by atoms with van der Waals surface area (Å²) in [4.78, 5) is 0. The molecule has 0 aromatic carbocycles. The van der Waals surface area contributed by atoms with E-state index in [2.05, 4.69) is 32.8 Å². The van der Waals surface area contributed by atoms with Gasteiger partial charge >= 0.3 is 0 Å². The fourth-order valence-electron chi connectivity index (χ4n) is 1.89. The van der Waals surface area contributed by atoms with E-state index in [9.17, 15) is 0 Å². The van der Waals surface area contributed by atoms with Crippen molar-refractivity contribution >= 4 is 0 Å².